The summed E-state index contributed by atoms with van der Waals surface area (Å²) in [5.74, 6) is -40.4. The smallest absolute Gasteiger partial charge is 0.460 e. The molecule has 46 heavy (non-hydrogen) atoms. The first-order chi connectivity index (χ1) is 20.6. The molecule has 5 atom stereocenters. The van der Waals surface area contributed by atoms with Crippen LogP contribution in [-0.2, 0) is 38.1 Å². The molecular formula is C24H22F14O8. The quantitative estimate of drug-likeness (QED) is 0.0839. The Hall–Kier alpha value is -3.36. The summed E-state index contributed by atoms with van der Waals surface area (Å²) in [6.45, 7) is -2.64. The van der Waals surface area contributed by atoms with Gasteiger partial charge in [0.25, 0.3) is 0 Å². The van der Waals surface area contributed by atoms with E-state index in [1.807, 2.05) is 0 Å². The molecule has 5 unspecified atom stereocenters. The zero-order chi connectivity index (χ0) is 35.8. The van der Waals surface area contributed by atoms with Crippen LogP contribution in [0, 0.1) is 29.6 Å². The van der Waals surface area contributed by atoms with Gasteiger partial charge in [-0.05, 0) is 31.6 Å². The van der Waals surface area contributed by atoms with Crippen LogP contribution in [0.3, 0.4) is 0 Å². The lowest BCUT2D eigenvalue weighted by Crippen LogP contribution is -2.55. The van der Waals surface area contributed by atoms with Crippen LogP contribution >= 0.6 is 0 Å². The minimum atomic E-state index is -6.79. The monoisotopic (exact) mass is 704 g/mol. The summed E-state index contributed by atoms with van der Waals surface area (Å²) in [4.78, 5) is 49.4. The molecule has 2 rings (SSSR count). The van der Waals surface area contributed by atoms with Crippen LogP contribution in [0.25, 0.3) is 0 Å². The average Bonchev–Trinajstić information content (AvgIpc) is 3.50. The minimum absolute atomic E-state index is 0.102. The highest BCUT2D eigenvalue weighted by atomic mass is 19.4. The van der Waals surface area contributed by atoms with E-state index in [2.05, 4.69) is 20.8 Å². The number of carbonyl (C=O) groups is 4. The van der Waals surface area contributed by atoms with Crippen molar-refractivity contribution in [3.05, 3.63) is 12.2 Å². The Labute approximate surface area is 248 Å². The van der Waals surface area contributed by atoms with Crippen molar-refractivity contribution in [1.29, 1.82) is 0 Å². The van der Waals surface area contributed by atoms with Gasteiger partial charge in [0, 0.05) is 5.57 Å². The van der Waals surface area contributed by atoms with Crippen LogP contribution in [0.4, 0.5) is 61.5 Å². The summed E-state index contributed by atoms with van der Waals surface area (Å²) in [6, 6.07) is 0. The number of halogens is 14. The molecule has 2 bridgehead atoms. The number of ether oxygens (including phenoxy) is 4. The molecule has 264 valence electrons. The van der Waals surface area contributed by atoms with E-state index in [9.17, 15) is 80.6 Å². The van der Waals surface area contributed by atoms with Crippen molar-refractivity contribution in [2.45, 2.75) is 55.8 Å². The number of hydrogen-bond acceptors (Lipinski definition) is 8. The van der Waals surface area contributed by atoms with Gasteiger partial charge in [-0.25, -0.2) is 4.79 Å². The lowest BCUT2D eigenvalue weighted by molar-refractivity contribution is -0.360. The summed E-state index contributed by atoms with van der Waals surface area (Å²) >= 11 is 0. The largest absolute Gasteiger partial charge is 0.462 e. The Bertz CT molecular complexity index is 1200. The van der Waals surface area contributed by atoms with E-state index in [-0.39, 0.29) is 5.57 Å². The number of alkyl halides is 14. The molecule has 2 aliphatic rings. The van der Waals surface area contributed by atoms with Crippen LogP contribution in [0.15, 0.2) is 12.2 Å². The zero-order valence-electron chi connectivity index (χ0n) is 22.9. The van der Waals surface area contributed by atoms with Crippen molar-refractivity contribution < 1.29 is 99.6 Å². The predicted octanol–water partition coefficient (Wildman–Crippen LogP) is 5.29. The van der Waals surface area contributed by atoms with Crippen molar-refractivity contribution in [2.24, 2.45) is 29.6 Å². The fourth-order valence-electron chi connectivity index (χ4n) is 4.91. The summed E-state index contributed by atoms with van der Waals surface area (Å²) in [5.41, 5.74) is -0.102. The third-order valence-corrected chi connectivity index (χ3v) is 7.18. The lowest BCUT2D eigenvalue weighted by Gasteiger charge is -2.33. The van der Waals surface area contributed by atoms with Crippen molar-refractivity contribution in [2.75, 3.05) is 26.4 Å². The van der Waals surface area contributed by atoms with E-state index in [4.69, 9.17) is 4.74 Å². The fourth-order valence-corrected chi connectivity index (χ4v) is 4.91. The highest BCUT2D eigenvalue weighted by molar-refractivity contribution is 5.87. The van der Waals surface area contributed by atoms with E-state index in [1.54, 1.807) is 0 Å². The van der Waals surface area contributed by atoms with Crippen LogP contribution in [0.5, 0.6) is 0 Å². The van der Waals surface area contributed by atoms with Gasteiger partial charge in [-0.2, -0.15) is 61.5 Å². The maximum Gasteiger partial charge on any atom is 0.460 e. The summed E-state index contributed by atoms with van der Waals surface area (Å²) in [6.07, 6.45) is -14.8. The molecular weight excluding hydrogens is 682 g/mol. The number of fused-ring (bicyclic) bond motifs is 2. The van der Waals surface area contributed by atoms with Gasteiger partial charge in [0.05, 0.1) is 17.8 Å². The van der Waals surface area contributed by atoms with E-state index in [0.29, 0.717) is 0 Å². The standard InChI is InChI=1S/C24H22F14O8/c1-9(2)15(39)43-3-4-44-18(42)14-11-5-10(13(14)17(41)46-8-20(27,28)22(31,32)24(36,37)38)6-12(11)16(40)45-7-19(25,26)21(29,30)23(33,34)35/h10-14H,1,3-8H2,2H3. The first-order valence-electron chi connectivity index (χ1n) is 12.6. The highest BCUT2D eigenvalue weighted by Crippen LogP contribution is 2.57. The predicted molar refractivity (Wildman–Crippen MR) is 117 cm³/mol. The van der Waals surface area contributed by atoms with Crippen molar-refractivity contribution in [3.63, 3.8) is 0 Å². The van der Waals surface area contributed by atoms with Crippen LogP contribution in [-0.4, -0.2) is 86.3 Å². The van der Waals surface area contributed by atoms with Crippen LogP contribution in [0.1, 0.15) is 19.8 Å². The second kappa shape index (κ2) is 13.0. The topological polar surface area (TPSA) is 105 Å². The van der Waals surface area contributed by atoms with Gasteiger partial charge < -0.3 is 18.9 Å². The molecule has 8 nitrogen and oxygen atoms in total. The molecule has 2 fully saturated rings. The van der Waals surface area contributed by atoms with Gasteiger partial charge in [0.2, 0.25) is 0 Å². The Balaban J connectivity index is 2.25. The second-order valence-electron chi connectivity index (χ2n) is 10.4. The highest BCUT2D eigenvalue weighted by Gasteiger charge is 2.75. The molecule has 0 heterocycles. The summed E-state index contributed by atoms with van der Waals surface area (Å²) in [7, 11) is 0. The molecule has 0 amide bonds. The second-order valence-corrected chi connectivity index (χ2v) is 10.4. The summed E-state index contributed by atoms with van der Waals surface area (Å²) in [5, 5.41) is 0. The Morgan fingerprint density at radius 1 is 0.609 bits per heavy atom. The first-order valence-corrected chi connectivity index (χ1v) is 12.6. The average molecular weight is 704 g/mol. The molecule has 2 saturated carbocycles. The third-order valence-electron chi connectivity index (χ3n) is 7.18. The van der Waals surface area contributed by atoms with Crippen LogP contribution < -0.4 is 0 Å². The van der Waals surface area contributed by atoms with Gasteiger partial charge in [-0.15, -0.1) is 0 Å². The first kappa shape index (κ1) is 38.8. The van der Waals surface area contributed by atoms with Gasteiger partial charge in [0.1, 0.15) is 13.2 Å². The number of hydrogen-bond donors (Lipinski definition) is 0. The Morgan fingerprint density at radius 2 is 1.02 bits per heavy atom. The minimum Gasteiger partial charge on any atom is -0.462 e. The van der Waals surface area contributed by atoms with Crippen molar-refractivity contribution in [3.8, 4) is 0 Å². The molecule has 0 aromatic heterocycles. The molecule has 0 spiro atoms. The van der Waals surface area contributed by atoms with E-state index >= 15 is 0 Å². The SMILES string of the molecule is C=C(C)C(=O)OCCOC(=O)C1C2CC(CC2C(=O)OCC(F)(F)C(F)(F)C(F)(F)F)C1C(=O)OCC(F)(F)C(F)(F)C(F)(F)F. The maximum absolute atomic E-state index is 13.7. The zero-order valence-corrected chi connectivity index (χ0v) is 22.9. The maximum atomic E-state index is 13.7. The van der Waals surface area contributed by atoms with Crippen molar-refractivity contribution in [1.82, 2.24) is 0 Å². The van der Waals surface area contributed by atoms with E-state index < -0.39 is 129 Å². The number of carbonyl (C=O) groups excluding carboxylic acids is 4. The van der Waals surface area contributed by atoms with Crippen molar-refractivity contribution >= 4 is 23.9 Å². The molecule has 2 aliphatic carbocycles. The molecule has 0 N–H and O–H groups in total. The van der Waals surface area contributed by atoms with Gasteiger partial charge in [0.15, 0.2) is 13.2 Å². The third kappa shape index (κ3) is 7.60. The fraction of sp³-hybridized carbons (Fsp3) is 0.750. The van der Waals surface area contributed by atoms with Gasteiger partial charge in [-0.1, -0.05) is 6.58 Å². The molecule has 0 radical (unpaired) electrons. The molecule has 0 aliphatic heterocycles. The molecule has 22 heteroatoms. The Kier molecular flexibility index (Phi) is 11.0. The Morgan fingerprint density at radius 3 is 1.46 bits per heavy atom. The molecule has 0 aromatic carbocycles. The summed E-state index contributed by atoms with van der Waals surface area (Å²) < 4.78 is 199. The number of esters is 4. The lowest BCUT2D eigenvalue weighted by atomic mass is 9.73. The van der Waals surface area contributed by atoms with Crippen LogP contribution in [0.2, 0.25) is 0 Å². The molecule has 0 aromatic rings. The van der Waals surface area contributed by atoms with E-state index in [1.165, 1.54) is 6.92 Å². The molecule has 0 saturated heterocycles. The number of rotatable bonds is 13. The van der Waals surface area contributed by atoms with E-state index in [0.717, 1.165) is 0 Å². The van der Waals surface area contributed by atoms with Gasteiger partial charge >= 0.3 is 59.9 Å². The van der Waals surface area contributed by atoms with Gasteiger partial charge in [-0.3, -0.25) is 14.4 Å². The normalized spacial score (nSPS) is 23.9.